The summed E-state index contributed by atoms with van der Waals surface area (Å²) in [6.07, 6.45) is 1.62. The molecule has 0 radical (unpaired) electrons. The van der Waals surface area contributed by atoms with Gasteiger partial charge in [-0.2, -0.15) is 0 Å². The monoisotopic (exact) mass is 490 g/mol. The average Bonchev–Trinajstić information content (AvgIpc) is 3.21. The van der Waals surface area contributed by atoms with E-state index < -0.39 is 5.97 Å². The second kappa shape index (κ2) is 10.4. The maximum atomic E-state index is 13.1. The van der Waals surface area contributed by atoms with Crippen LogP contribution in [0.25, 0.3) is 6.08 Å². The number of methoxy groups -OCH3 is 4. The Morgan fingerprint density at radius 1 is 0.889 bits per heavy atom. The average molecular weight is 491 g/mol. The highest BCUT2D eigenvalue weighted by Crippen LogP contribution is 2.40. The Labute approximate surface area is 209 Å². The zero-order chi connectivity index (χ0) is 25.8. The Kier molecular flexibility index (Phi) is 7.15. The largest absolute Gasteiger partial charge is 0.496 e. The second-order valence-corrected chi connectivity index (χ2v) is 7.98. The Balaban J connectivity index is 1.56. The van der Waals surface area contributed by atoms with Crippen LogP contribution in [0.15, 0.2) is 54.3 Å². The molecule has 186 valence electrons. The third-order valence-electron chi connectivity index (χ3n) is 5.75. The summed E-state index contributed by atoms with van der Waals surface area (Å²) in [7, 11) is 5.95. The van der Waals surface area contributed by atoms with Gasteiger partial charge in [0.25, 0.3) is 0 Å². The van der Waals surface area contributed by atoms with E-state index in [-0.39, 0.29) is 18.1 Å². The molecule has 1 aliphatic heterocycles. The molecular weight excluding hydrogens is 464 g/mol. The number of allylic oxidation sites excluding steroid dienone is 1. The van der Waals surface area contributed by atoms with Gasteiger partial charge >= 0.3 is 5.97 Å². The predicted molar refractivity (Wildman–Crippen MR) is 132 cm³/mol. The summed E-state index contributed by atoms with van der Waals surface area (Å²) in [5.41, 5.74) is 3.16. The van der Waals surface area contributed by atoms with Crippen LogP contribution in [-0.4, -0.2) is 40.2 Å². The highest BCUT2D eigenvalue weighted by molar-refractivity contribution is 6.15. The molecule has 0 atom stereocenters. The normalized spacial score (nSPS) is 13.1. The first-order chi connectivity index (χ1) is 17.4. The molecule has 0 amide bonds. The van der Waals surface area contributed by atoms with Gasteiger partial charge in [0.15, 0.2) is 17.3 Å². The van der Waals surface area contributed by atoms with E-state index in [1.807, 2.05) is 6.92 Å². The van der Waals surface area contributed by atoms with Gasteiger partial charge in [-0.15, -0.1) is 0 Å². The van der Waals surface area contributed by atoms with E-state index in [0.717, 1.165) is 11.1 Å². The van der Waals surface area contributed by atoms with E-state index in [2.05, 4.69) is 0 Å². The quantitative estimate of drug-likeness (QED) is 0.322. The number of rotatable bonds is 8. The second-order valence-electron chi connectivity index (χ2n) is 7.98. The van der Waals surface area contributed by atoms with E-state index in [0.29, 0.717) is 45.4 Å². The molecule has 0 fully saturated rings. The van der Waals surface area contributed by atoms with Crippen molar-refractivity contribution in [2.75, 3.05) is 28.4 Å². The lowest BCUT2D eigenvalue weighted by Gasteiger charge is -2.12. The Hall–Kier alpha value is -4.46. The minimum atomic E-state index is -0.395. The molecule has 3 aromatic carbocycles. The van der Waals surface area contributed by atoms with Crippen molar-refractivity contribution in [2.24, 2.45) is 0 Å². The van der Waals surface area contributed by atoms with Gasteiger partial charge in [0.05, 0.1) is 39.6 Å². The first-order valence-electron chi connectivity index (χ1n) is 11.1. The number of hydrogen-bond acceptors (Lipinski definition) is 8. The predicted octanol–water partition coefficient (Wildman–Crippen LogP) is 5.00. The molecule has 0 spiro atoms. The summed E-state index contributed by atoms with van der Waals surface area (Å²) in [6, 6.07) is 13.8. The topological polar surface area (TPSA) is 89.5 Å². The van der Waals surface area contributed by atoms with Crippen LogP contribution in [0.4, 0.5) is 0 Å². The fraction of sp³-hybridized carbons (Fsp3) is 0.214. The molecule has 0 saturated carbocycles. The standard InChI is InChI=1S/C28H26O8/c1-16-10-20(35-15-17-6-8-18(9-7-17)28(30)34-5)13-24-26(16)27(29)25(36-24)12-19-11-22(32-3)23(33-4)14-21(19)31-2/h6-14H,15H2,1-5H3/b25-12-. The molecule has 0 N–H and O–H groups in total. The summed E-state index contributed by atoms with van der Waals surface area (Å²) >= 11 is 0. The van der Waals surface area contributed by atoms with Crippen LogP contribution in [-0.2, 0) is 11.3 Å². The zero-order valence-corrected chi connectivity index (χ0v) is 20.7. The van der Waals surface area contributed by atoms with Gasteiger partial charge < -0.3 is 28.4 Å². The van der Waals surface area contributed by atoms with Crippen LogP contribution in [0.1, 0.15) is 37.4 Å². The zero-order valence-electron chi connectivity index (χ0n) is 20.7. The molecule has 3 aromatic rings. The SMILES string of the molecule is COC(=O)c1ccc(COc2cc(C)c3c(c2)O/C(=C\c2cc(OC)c(OC)cc2OC)C3=O)cc1. The van der Waals surface area contributed by atoms with Crippen molar-refractivity contribution in [1.29, 1.82) is 0 Å². The number of ketones is 1. The number of ether oxygens (including phenoxy) is 6. The Morgan fingerprint density at radius 3 is 2.19 bits per heavy atom. The van der Waals surface area contributed by atoms with Crippen molar-refractivity contribution in [2.45, 2.75) is 13.5 Å². The number of carbonyl (C=O) groups is 2. The van der Waals surface area contributed by atoms with Gasteiger partial charge in [0, 0.05) is 17.7 Å². The fourth-order valence-electron chi connectivity index (χ4n) is 3.89. The van der Waals surface area contributed by atoms with Crippen molar-refractivity contribution < 1.29 is 38.0 Å². The summed E-state index contributed by atoms with van der Waals surface area (Å²) < 4.78 is 32.7. The van der Waals surface area contributed by atoms with Gasteiger partial charge in [-0.05, 0) is 48.4 Å². The Morgan fingerprint density at radius 2 is 1.56 bits per heavy atom. The molecule has 36 heavy (non-hydrogen) atoms. The van der Waals surface area contributed by atoms with Crippen molar-refractivity contribution in [1.82, 2.24) is 0 Å². The number of benzene rings is 3. The minimum absolute atomic E-state index is 0.161. The number of Topliss-reactive ketones (excluding diaryl/α,β-unsaturated/α-hetero) is 1. The minimum Gasteiger partial charge on any atom is -0.496 e. The van der Waals surface area contributed by atoms with Gasteiger partial charge in [0.1, 0.15) is 23.9 Å². The van der Waals surface area contributed by atoms with Crippen LogP contribution in [0.5, 0.6) is 28.7 Å². The smallest absolute Gasteiger partial charge is 0.337 e. The molecule has 8 heteroatoms. The maximum Gasteiger partial charge on any atom is 0.337 e. The lowest BCUT2D eigenvalue weighted by Crippen LogP contribution is -2.02. The highest BCUT2D eigenvalue weighted by atomic mass is 16.5. The summed E-state index contributed by atoms with van der Waals surface area (Å²) in [5.74, 6) is 2.02. The molecule has 4 rings (SSSR count). The number of aryl methyl sites for hydroxylation is 1. The molecule has 0 bridgehead atoms. The Bertz CT molecular complexity index is 1340. The molecule has 0 unspecified atom stereocenters. The van der Waals surface area contributed by atoms with Crippen molar-refractivity contribution in [3.8, 4) is 28.7 Å². The van der Waals surface area contributed by atoms with Gasteiger partial charge in [-0.3, -0.25) is 4.79 Å². The number of esters is 1. The number of hydrogen-bond donors (Lipinski definition) is 0. The van der Waals surface area contributed by atoms with E-state index in [9.17, 15) is 9.59 Å². The van der Waals surface area contributed by atoms with Crippen LogP contribution in [0.2, 0.25) is 0 Å². The summed E-state index contributed by atoms with van der Waals surface area (Å²) in [5, 5.41) is 0. The van der Waals surface area contributed by atoms with Gasteiger partial charge in [-0.25, -0.2) is 4.79 Å². The highest BCUT2D eigenvalue weighted by Gasteiger charge is 2.30. The molecule has 8 nitrogen and oxygen atoms in total. The lowest BCUT2D eigenvalue weighted by molar-refractivity contribution is 0.0600. The number of carbonyl (C=O) groups excluding carboxylic acids is 2. The molecule has 0 saturated heterocycles. The molecule has 0 aromatic heterocycles. The van der Waals surface area contributed by atoms with E-state index in [4.69, 9.17) is 28.4 Å². The van der Waals surface area contributed by atoms with Gasteiger partial charge in [0.2, 0.25) is 5.78 Å². The third-order valence-corrected chi connectivity index (χ3v) is 5.75. The van der Waals surface area contributed by atoms with Gasteiger partial charge in [-0.1, -0.05) is 12.1 Å². The van der Waals surface area contributed by atoms with E-state index in [1.165, 1.54) is 28.4 Å². The molecule has 0 aliphatic carbocycles. The van der Waals surface area contributed by atoms with E-state index in [1.54, 1.807) is 54.6 Å². The molecule has 1 heterocycles. The van der Waals surface area contributed by atoms with Crippen LogP contribution in [0, 0.1) is 6.92 Å². The van der Waals surface area contributed by atoms with E-state index >= 15 is 0 Å². The summed E-state index contributed by atoms with van der Waals surface area (Å²) in [6.45, 7) is 2.11. The number of fused-ring (bicyclic) bond motifs is 1. The molecule has 1 aliphatic rings. The third kappa shape index (κ3) is 4.84. The maximum absolute atomic E-state index is 13.1. The summed E-state index contributed by atoms with van der Waals surface area (Å²) in [4.78, 5) is 24.7. The fourth-order valence-corrected chi connectivity index (χ4v) is 3.89. The first kappa shape index (κ1) is 24.7. The van der Waals surface area contributed by atoms with Crippen LogP contribution in [0.3, 0.4) is 0 Å². The van der Waals surface area contributed by atoms with Crippen LogP contribution < -0.4 is 23.7 Å². The van der Waals surface area contributed by atoms with Crippen molar-refractivity contribution in [3.05, 3.63) is 82.1 Å². The van der Waals surface area contributed by atoms with Crippen molar-refractivity contribution in [3.63, 3.8) is 0 Å². The lowest BCUT2D eigenvalue weighted by atomic mass is 10.0. The first-order valence-corrected chi connectivity index (χ1v) is 11.1. The molecular formula is C28H26O8. The van der Waals surface area contributed by atoms with Crippen molar-refractivity contribution >= 4 is 17.8 Å². The van der Waals surface area contributed by atoms with Crippen LogP contribution >= 0.6 is 0 Å².